The highest BCUT2D eigenvalue weighted by Gasteiger charge is 2.40. The van der Waals surface area contributed by atoms with Gasteiger partial charge in [0.25, 0.3) is 0 Å². The van der Waals surface area contributed by atoms with Crippen LogP contribution in [0.25, 0.3) is 0 Å². The number of hydrogen-bond donors (Lipinski definition) is 1. The summed E-state index contributed by atoms with van der Waals surface area (Å²) >= 11 is 0. The summed E-state index contributed by atoms with van der Waals surface area (Å²) in [5.74, 6) is 0.687. The highest BCUT2D eigenvalue weighted by molar-refractivity contribution is 5.38. The van der Waals surface area contributed by atoms with E-state index in [2.05, 4.69) is 60.4 Å². The number of rotatable bonds is 8. The van der Waals surface area contributed by atoms with Gasteiger partial charge in [0.15, 0.2) is 0 Å². The number of benzene rings is 3. The molecule has 0 spiro atoms. The Morgan fingerprint density at radius 1 is 0.969 bits per heavy atom. The molecular weight excluding hydrogens is 398 g/mol. The molecule has 2 atom stereocenters. The van der Waals surface area contributed by atoms with E-state index in [1.165, 1.54) is 5.56 Å². The van der Waals surface area contributed by atoms with E-state index in [0.717, 1.165) is 55.3 Å². The third-order valence-electron chi connectivity index (χ3n) is 6.47. The minimum Gasteiger partial charge on any atom is -0.497 e. The average molecular weight is 432 g/mol. The molecule has 0 saturated carbocycles. The Labute approximate surface area is 191 Å². The van der Waals surface area contributed by atoms with Crippen molar-refractivity contribution in [2.24, 2.45) is 0 Å². The average Bonchev–Trinajstić information content (AvgIpc) is 2.84. The number of hydrogen-bond acceptors (Lipinski definition) is 4. The molecule has 0 aliphatic carbocycles. The van der Waals surface area contributed by atoms with E-state index in [9.17, 15) is 5.11 Å². The third kappa shape index (κ3) is 5.21. The van der Waals surface area contributed by atoms with Crippen LogP contribution in [0, 0.1) is 6.92 Å². The lowest BCUT2D eigenvalue weighted by Gasteiger charge is -2.41. The number of methoxy groups -OCH3 is 1. The third-order valence-corrected chi connectivity index (χ3v) is 6.47. The summed E-state index contributed by atoms with van der Waals surface area (Å²) in [7, 11) is 1.67. The Hall–Kier alpha value is -2.66. The minimum atomic E-state index is -1.08. The zero-order chi connectivity index (χ0) is 22.4. The number of nitrogens with zero attached hydrogens (tertiary/aromatic N) is 1. The Kier molecular flexibility index (Phi) is 7.26. The number of aryl methyl sites for hydroxylation is 1. The first kappa shape index (κ1) is 22.5. The largest absolute Gasteiger partial charge is 0.497 e. The first-order valence-electron chi connectivity index (χ1n) is 11.4. The lowest BCUT2D eigenvalue weighted by atomic mass is 9.73. The second-order valence-electron chi connectivity index (χ2n) is 8.69. The van der Waals surface area contributed by atoms with E-state index in [-0.39, 0.29) is 5.92 Å². The number of ether oxygens (including phenoxy) is 2. The molecule has 1 aliphatic heterocycles. The molecule has 0 radical (unpaired) electrons. The Morgan fingerprint density at radius 2 is 1.69 bits per heavy atom. The van der Waals surface area contributed by atoms with Crippen LogP contribution >= 0.6 is 0 Å². The van der Waals surface area contributed by atoms with Crippen molar-refractivity contribution in [1.82, 2.24) is 4.90 Å². The van der Waals surface area contributed by atoms with Gasteiger partial charge in [-0.25, -0.2) is 0 Å². The van der Waals surface area contributed by atoms with Crippen LogP contribution in [-0.4, -0.2) is 50.0 Å². The Bertz CT molecular complexity index is 983. The Morgan fingerprint density at radius 3 is 2.34 bits per heavy atom. The van der Waals surface area contributed by atoms with Crippen molar-refractivity contribution in [3.63, 3.8) is 0 Å². The van der Waals surface area contributed by atoms with Crippen molar-refractivity contribution >= 4 is 0 Å². The van der Waals surface area contributed by atoms with E-state index >= 15 is 0 Å². The van der Waals surface area contributed by atoms with Gasteiger partial charge >= 0.3 is 0 Å². The predicted molar refractivity (Wildman–Crippen MR) is 128 cm³/mol. The lowest BCUT2D eigenvalue weighted by Crippen LogP contribution is -2.45. The van der Waals surface area contributed by atoms with Crippen molar-refractivity contribution in [3.8, 4) is 5.75 Å². The van der Waals surface area contributed by atoms with Crippen molar-refractivity contribution < 1.29 is 14.6 Å². The van der Waals surface area contributed by atoms with Gasteiger partial charge in [-0.05, 0) is 35.7 Å². The molecule has 32 heavy (non-hydrogen) atoms. The molecule has 1 heterocycles. The van der Waals surface area contributed by atoms with Gasteiger partial charge in [-0.15, -0.1) is 0 Å². The van der Waals surface area contributed by atoms with Crippen LogP contribution in [0.4, 0.5) is 0 Å². The monoisotopic (exact) mass is 431 g/mol. The molecule has 4 nitrogen and oxygen atoms in total. The molecule has 0 amide bonds. The molecule has 0 aromatic heterocycles. The van der Waals surface area contributed by atoms with E-state index in [1.807, 2.05) is 30.3 Å². The number of aliphatic hydroxyl groups is 1. The molecule has 4 rings (SSSR count). The topological polar surface area (TPSA) is 41.9 Å². The van der Waals surface area contributed by atoms with Gasteiger partial charge in [-0.3, -0.25) is 4.90 Å². The Balaban J connectivity index is 1.79. The van der Waals surface area contributed by atoms with Crippen LogP contribution in [0.2, 0.25) is 0 Å². The van der Waals surface area contributed by atoms with Crippen LogP contribution in [0.15, 0.2) is 78.9 Å². The molecule has 1 N–H and O–H groups in total. The second kappa shape index (κ2) is 10.3. The lowest BCUT2D eigenvalue weighted by molar-refractivity contribution is -0.0223. The van der Waals surface area contributed by atoms with Gasteiger partial charge in [0.1, 0.15) is 11.4 Å². The first-order chi connectivity index (χ1) is 15.6. The van der Waals surface area contributed by atoms with Crippen LogP contribution in [0.5, 0.6) is 5.75 Å². The highest BCUT2D eigenvalue weighted by Crippen LogP contribution is 2.41. The van der Waals surface area contributed by atoms with Crippen molar-refractivity contribution in [1.29, 1.82) is 0 Å². The van der Waals surface area contributed by atoms with Crippen LogP contribution in [0.1, 0.15) is 28.2 Å². The van der Waals surface area contributed by atoms with Crippen LogP contribution < -0.4 is 4.74 Å². The molecule has 3 aromatic rings. The maximum atomic E-state index is 12.5. The fraction of sp³-hybridized carbons (Fsp3) is 0.357. The van der Waals surface area contributed by atoms with Gasteiger partial charge in [0.05, 0.1) is 20.3 Å². The first-order valence-corrected chi connectivity index (χ1v) is 11.4. The van der Waals surface area contributed by atoms with Gasteiger partial charge in [-0.1, -0.05) is 72.3 Å². The molecule has 1 fully saturated rings. The van der Waals surface area contributed by atoms with E-state index in [4.69, 9.17) is 9.47 Å². The molecule has 1 aliphatic rings. The molecule has 4 heteroatoms. The summed E-state index contributed by atoms with van der Waals surface area (Å²) in [5.41, 5.74) is 3.29. The zero-order valence-corrected chi connectivity index (χ0v) is 19.0. The van der Waals surface area contributed by atoms with Gasteiger partial charge in [0.2, 0.25) is 0 Å². The SMILES string of the molecule is COc1ccc([C@@](O)(Cc2cccc(C)c2)[C@H](CN2CCOCC2)c2ccccc2)cc1. The summed E-state index contributed by atoms with van der Waals surface area (Å²) in [4.78, 5) is 2.41. The van der Waals surface area contributed by atoms with Gasteiger partial charge < -0.3 is 14.6 Å². The van der Waals surface area contributed by atoms with E-state index < -0.39 is 5.60 Å². The van der Waals surface area contributed by atoms with E-state index in [0.29, 0.717) is 6.42 Å². The summed E-state index contributed by atoms with van der Waals surface area (Å²) in [5, 5.41) is 12.5. The van der Waals surface area contributed by atoms with Crippen molar-refractivity contribution in [2.75, 3.05) is 40.0 Å². The van der Waals surface area contributed by atoms with Crippen molar-refractivity contribution in [2.45, 2.75) is 24.9 Å². The molecule has 1 saturated heterocycles. The maximum absolute atomic E-state index is 12.5. The molecule has 0 unspecified atom stereocenters. The molecule has 0 bridgehead atoms. The zero-order valence-electron chi connectivity index (χ0n) is 19.0. The second-order valence-corrected chi connectivity index (χ2v) is 8.69. The van der Waals surface area contributed by atoms with Gasteiger partial charge in [0, 0.05) is 32.0 Å². The maximum Gasteiger partial charge on any atom is 0.118 e. The summed E-state index contributed by atoms with van der Waals surface area (Å²) in [6.07, 6.45) is 0.533. The quantitative estimate of drug-likeness (QED) is 0.568. The molecule has 3 aromatic carbocycles. The van der Waals surface area contributed by atoms with E-state index in [1.54, 1.807) is 7.11 Å². The fourth-order valence-corrected chi connectivity index (χ4v) is 4.70. The van der Waals surface area contributed by atoms with Crippen LogP contribution in [0.3, 0.4) is 0 Å². The smallest absolute Gasteiger partial charge is 0.118 e. The minimum absolute atomic E-state index is 0.101. The molecule has 168 valence electrons. The summed E-state index contributed by atoms with van der Waals surface area (Å²) < 4.78 is 11.0. The summed E-state index contributed by atoms with van der Waals surface area (Å²) in [6.45, 7) is 6.10. The molecular formula is C28H33NO3. The van der Waals surface area contributed by atoms with Crippen molar-refractivity contribution in [3.05, 3.63) is 101 Å². The highest BCUT2D eigenvalue weighted by atomic mass is 16.5. The summed E-state index contributed by atoms with van der Waals surface area (Å²) in [6, 6.07) is 26.7. The predicted octanol–water partition coefficient (Wildman–Crippen LogP) is 4.55. The number of morpholine rings is 1. The van der Waals surface area contributed by atoms with Gasteiger partial charge in [-0.2, -0.15) is 0 Å². The fourth-order valence-electron chi connectivity index (χ4n) is 4.70. The standard InChI is InChI=1S/C28H33NO3/c1-22-7-6-8-23(19-22)20-28(30,25-11-13-26(31-2)14-12-25)27(24-9-4-3-5-10-24)21-29-15-17-32-18-16-29/h3-14,19,27,30H,15-18,20-21H2,1-2H3/t27-,28+/m1/s1. The normalized spacial score (nSPS) is 17.5. The van der Waals surface area contributed by atoms with Crippen LogP contribution in [-0.2, 0) is 16.8 Å².